The number of aromatic nitrogens is 1. The highest BCUT2D eigenvalue weighted by Crippen LogP contribution is 2.10. The van der Waals surface area contributed by atoms with Gasteiger partial charge in [0.2, 0.25) is 0 Å². The van der Waals surface area contributed by atoms with E-state index >= 15 is 0 Å². The Morgan fingerprint density at radius 2 is 2.33 bits per heavy atom. The third-order valence-electron chi connectivity index (χ3n) is 1.57. The van der Waals surface area contributed by atoms with Crippen LogP contribution in [-0.2, 0) is 0 Å². The predicted octanol–water partition coefficient (Wildman–Crippen LogP) is 0.603. The van der Waals surface area contributed by atoms with Crippen molar-refractivity contribution in [2.75, 3.05) is 6.61 Å². The Kier molecular flexibility index (Phi) is 3.13. The molecule has 0 saturated heterocycles. The zero-order chi connectivity index (χ0) is 8.97. The van der Waals surface area contributed by atoms with Crippen LogP contribution in [0.1, 0.15) is 18.2 Å². The zero-order valence-corrected chi connectivity index (χ0v) is 6.57. The highest BCUT2D eigenvalue weighted by Gasteiger charge is 2.05. The molecule has 0 aliphatic rings. The lowest BCUT2D eigenvalue weighted by Gasteiger charge is -2.07. The number of hydrogen-bond donors (Lipinski definition) is 2. The molecule has 3 nitrogen and oxygen atoms in total. The third kappa shape index (κ3) is 2.25. The Balaban J connectivity index is 2.68. The molecule has 66 valence electrons. The maximum absolute atomic E-state index is 12.4. The van der Waals surface area contributed by atoms with Crippen molar-refractivity contribution in [2.24, 2.45) is 5.73 Å². The molecule has 12 heavy (non-hydrogen) atoms. The largest absolute Gasteiger partial charge is 0.396 e. The van der Waals surface area contributed by atoms with E-state index in [0.717, 1.165) is 6.20 Å². The second-order valence-electron chi connectivity index (χ2n) is 2.52. The average molecular weight is 170 g/mol. The fourth-order valence-corrected chi connectivity index (χ4v) is 0.894. The minimum atomic E-state index is -0.380. The van der Waals surface area contributed by atoms with Crippen molar-refractivity contribution in [1.82, 2.24) is 4.98 Å². The molecule has 3 N–H and O–H groups in total. The topological polar surface area (TPSA) is 59.1 Å². The second-order valence-corrected chi connectivity index (χ2v) is 2.52. The summed E-state index contributed by atoms with van der Waals surface area (Å²) >= 11 is 0. The molecule has 0 fully saturated rings. The van der Waals surface area contributed by atoms with E-state index in [-0.39, 0.29) is 18.5 Å². The van der Waals surface area contributed by atoms with Crippen LogP contribution in [-0.4, -0.2) is 16.7 Å². The van der Waals surface area contributed by atoms with E-state index in [4.69, 9.17) is 10.8 Å². The number of nitrogens with two attached hydrogens (primary N) is 1. The summed E-state index contributed by atoms with van der Waals surface area (Å²) in [7, 11) is 0. The smallest absolute Gasteiger partial charge is 0.141 e. The van der Waals surface area contributed by atoms with Gasteiger partial charge in [-0.1, -0.05) is 0 Å². The Morgan fingerprint density at radius 1 is 1.58 bits per heavy atom. The summed E-state index contributed by atoms with van der Waals surface area (Å²) in [4.78, 5) is 3.79. The van der Waals surface area contributed by atoms with Crippen molar-refractivity contribution in [1.29, 1.82) is 0 Å². The van der Waals surface area contributed by atoms with Crippen LogP contribution in [0.4, 0.5) is 4.39 Å². The van der Waals surface area contributed by atoms with Gasteiger partial charge in [-0.05, 0) is 18.6 Å². The maximum Gasteiger partial charge on any atom is 0.141 e. The summed E-state index contributed by atoms with van der Waals surface area (Å²) in [5, 5.41) is 8.57. The first-order chi connectivity index (χ1) is 5.74. The van der Waals surface area contributed by atoms with Crippen LogP contribution >= 0.6 is 0 Å². The lowest BCUT2D eigenvalue weighted by atomic mass is 10.1. The molecule has 0 aliphatic carbocycles. The lowest BCUT2D eigenvalue weighted by molar-refractivity contribution is 0.275. The number of aliphatic hydroxyl groups is 1. The standard InChI is InChI=1S/C8H11FN2O/c9-6-1-2-8(11-5-6)7(10)3-4-12/h1-2,5,7,12H,3-4,10H2/t7-/m0/s1. The van der Waals surface area contributed by atoms with Crippen molar-refractivity contribution in [2.45, 2.75) is 12.5 Å². The van der Waals surface area contributed by atoms with E-state index in [1.165, 1.54) is 12.1 Å². The average Bonchev–Trinajstić information content (AvgIpc) is 2.06. The molecular weight excluding hydrogens is 159 g/mol. The van der Waals surface area contributed by atoms with Crippen LogP contribution in [0.3, 0.4) is 0 Å². The molecule has 0 aliphatic heterocycles. The summed E-state index contributed by atoms with van der Waals surface area (Å²) in [6, 6.07) is 2.52. The summed E-state index contributed by atoms with van der Waals surface area (Å²) in [6.45, 7) is 0.0141. The molecule has 1 rings (SSSR count). The number of rotatable bonds is 3. The number of pyridine rings is 1. The molecule has 0 spiro atoms. The van der Waals surface area contributed by atoms with Crippen LogP contribution < -0.4 is 5.73 Å². The molecule has 1 atom stereocenters. The predicted molar refractivity (Wildman–Crippen MR) is 42.8 cm³/mol. The van der Waals surface area contributed by atoms with Gasteiger partial charge in [0.05, 0.1) is 11.9 Å². The monoisotopic (exact) mass is 170 g/mol. The number of nitrogens with zero attached hydrogens (tertiary/aromatic N) is 1. The van der Waals surface area contributed by atoms with E-state index in [2.05, 4.69) is 4.98 Å². The van der Waals surface area contributed by atoms with Gasteiger partial charge in [-0.3, -0.25) is 4.98 Å². The molecule has 1 aromatic heterocycles. The first-order valence-electron chi connectivity index (χ1n) is 3.72. The van der Waals surface area contributed by atoms with E-state index < -0.39 is 0 Å². The molecule has 0 saturated carbocycles. The fraction of sp³-hybridized carbons (Fsp3) is 0.375. The normalized spacial score (nSPS) is 12.9. The Morgan fingerprint density at radius 3 is 2.83 bits per heavy atom. The van der Waals surface area contributed by atoms with Gasteiger partial charge >= 0.3 is 0 Å². The first kappa shape index (κ1) is 9.09. The van der Waals surface area contributed by atoms with Crippen molar-refractivity contribution in [3.8, 4) is 0 Å². The summed E-state index contributed by atoms with van der Waals surface area (Å²) < 4.78 is 12.4. The van der Waals surface area contributed by atoms with Crippen molar-refractivity contribution < 1.29 is 9.50 Å². The van der Waals surface area contributed by atoms with Crippen LogP contribution in [0.5, 0.6) is 0 Å². The van der Waals surface area contributed by atoms with Gasteiger partial charge in [0.25, 0.3) is 0 Å². The van der Waals surface area contributed by atoms with Gasteiger partial charge in [-0.2, -0.15) is 0 Å². The molecule has 1 heterocycles. The lowest BCUT2D eigenvalue weighted by Crippen LogP contribution is -2.13. The summed E-state index contributed by atoms with van der Waals surface area (Å²) in [5.74, 6) is -0.380. The quantitative estimate of drug-likeness (QED) is 0.698. The van der Waals surface area contributed by atoms with Crippen LogP contribution in [0.2, 0.25) is 0 Å². The van der Waals surface area contributed by atoms with E-state index in [9.17, 15) is 4.39 Å². The van der Waals surface area contributed by atoms with Gasteiger partial charge in [0.1, 0.15) is 5.82 Å². The molecule has 4 heteroatoms. The number of hydrogen-bond acceptors (Lipinski definition) is 3. The molecule has 0 aromatic carbocycles. The van der Waals surface area contributed by atoms with Gasteiger partial charge in [0, 0.05) is 12.6 Å². The van der Waals surface area contributed by atoms with Gasteiger partial charge in [-0.25, -0.2) is 4.39 Å². The van der Waals surface area contributed by atoms with E-state index in [1.807, 2.05) is 0 Å². The number of halogens is 1. The molecule has 0 bridgehead atoms. The van der Waals surface area contributed by atoms with Gasteiger partial charge < -0.3 is 10.8 Å². The van der Waals surface area contributed by atoms with Crippen molar-refractivity contribution in [3.63, 3.8) is 0 Å². The highest BCUT2D eigenvalue weighted by atomic mass is 19.1. The minimum absolute atomic E-state index is 0.0141. The molecule has 0 radical (unpaired) electrons. The van der Waals surface area contributed by atoms with E-state index in [0.29, 0.717) is 12.1 Å². The van der Waals surface area contributed by atoms with E-state index in [1.54, 1.807) is 0 Å². The first-order valence-corrected chi connectivity index (χ1v) is 3.72. The van der Waals surface area contributed by atoms with Crippen LogP contribution in [0.25, 0.3) is 0 Å². The Bertz CT molecular complexity index is 237. The van der Waals surface area contributed by atoms with Crippen LogP contribution in [0.15, 0.2) is 18.3 Å². The third-order valence-corrected chi connectivity index (χ3v) is 1.57. The fourth-order valence-electron chi connectivity index (χ4n) is 0.894. The van der Waals surface area contributed by atoms with Gasteiger partial charge in [0.15, 0.2) is 0 Å². The maximum atomic E-state index is 12.4. The van der Waals surface area contributed by atoms with Gasteiger partial charge in [-0.15, -0.1) is 0 Å². The highest BCUT2D eigenvalue weighted by molar-refractivity contribution is 5.08. The van der Waals surface area contributed by atoms with Crippen molar-refractivity contribution in [3.05, 3.63) is 29.8 Å². The molecule has 0 unspecified atom stereocenters. The van der Waals surface area contributed by atoms with Crippen molar-refractivity contribution >= 4 is 0 Å². The van der Waals surface area contributed by atoms with Crippen LogP contribution in [0, 0.1) is 5.82 Å². The summed E-state index contributed by atoms with van der Waals surface area (Å²) in [5.41, 5.74) is 6.21. The Hall–Kier alpha value is -1.00. The summed E-state index contributed by atoms with van der Waals surface area (Å²) in [6.07, 6.45) is 1.56. The minimum Gasteiger partial charge on any atom is -0.396 e. The molecule has 1 aromatic rings. The molecule has 0 amide bonds. The Labute approximate surface area is 70.0 Å². The molecular formula is C8H11FN2O. The number of aliphatic hydroxyl groups excluding tert-OH is 1. The zero-order valence-electron chi connectivity index (χ0n) is 6.57. The SMILES string of the molecule is N[C@@H](CCO)c1ccc(F)cn1. The second kappa shape index (κ2) is 4.13.